The summed E-state index contributed by atoms with van der Waals surface area (Å²) < 4.78 is 16.1. The van der Waals surface area contributed by atoms with Crippen LogP contribution >= 0.6 is 15.9 Å². The van der Waals surface area contributed by atoms with E-state index in [2.05, 4.69) is 31.4 Å². The quantitative estimate of drug-likeness (QED) is 0.714. The van der Waals surface area contributed by atoms with Crippen LogP contribution in [0.4, 0.5) is 4.39 Å². The molecule has 0 unspecified atom stereocenters. The number of pyridine rings is 1. The van der Waals surface area contributed by atoms with Gasteiger partial charge in [-0.05, 0) is 36.4 Å². The summed E-state index contributed by atoms with van der Waals surface area (Å²) in [4.78, 5) is 11.9. The van der Waals surface area contributed by atoms with Crippen molar-refractivity contribution in [3.8, 4) is 0 Å². The molecule has 2 aromatic heterocycles. The molecule has 1 N–H and O–H groups in total. The van der Waals surface area contributed by atoms with Crippen molar-refractivity contribution in [1.29, 1.82) is 0 Å². The number of benzene rings is 1. The van der Waals surface area contributed by atoms with E-state index in [0.717, 1.165) is 4.47 Å². The fourth-order valence-corrected chi connectivity index (χ4v) is 2.42. The fourth-order valence-electron chi connectivity index (χ4n) is 2.04. The van der Waals surface area contributed by atoms with Crippen LogP contribution in [0, 0.1) is 5.82 Å². The zero-order valence-electron chi connectivity index (χ0n) is 11.9. The van der Waals surface area contributed by atoms with E-state index < -0.39 is 0 Å². The second kappa shape index (κ2) is 6.70. The monoisotopic (exact) mass is 374 g/mol. The van der Waals surface area contributed by atoms with Crippen LogP contribution in [0.25, 0.3) is 11.7 Å². The first-order valence-electron chi connectivity index (χ1n) is 6.83. The van der Waals surface area contributed by atoms with Crippen molar-refractivity contribution in [2.75, 3.05) is 0 Å². The highest BCUT2D eigenvalue weighted by Gasteiger charge is 2.05. The van der Waals surface area contributed by atoms with Crippen LogP contribution in [0.2, 0.25) is 0 Å². The first-order valence-corrected chi connectivity index (χ1v) is 7.62. The molecule has 2 heterocycles. The molecule has 0 aliphatic heterocycles. The van der Waals surface area contributed by atoms with Gasteiger partial charge in [0.1, 0.15) is 5.82 Å². The Hall–Kier alpha value is -2.54. The second-order valence-corrected chi connectivity index (χ2v) is 5.68. The van der Waals surface area contributed by atoms with Crippen molar-refractivity contribution in [3.63, 3.8) is 0 Å². The highest BCUT2D eigenvalue weighted by Crippen LogP contribution is 2.16. The van der Waals surface area contributed by atoms with E-state index in [4.69, 9.17) is 0 Å². The summed E-state index contributed by atoms with van der Waals surface area (Å²) >= 11 is 3.26. The predicted octanol–water partition coefficient (Wildman–Crippen LogP) is 2.96. The third-order valence-electron chi connectivity index (χ3n) is 3.18. The summed E-state index contributed by atoms with van der Waals surface area (Å²) in [5.41, 5.74) is 1.05. The fraction of sp³-hybridized carbons (Fsp3) is 0.0625. The molecule has 1 amide bonds. The highest BCUT2D eigenvalue weighted by molar-refractivity contribution is 9.10. The van der Waals surface area contributed by atoms with Crippen molar-refractivity contribution in [2.45, 2.75) is 6.54 Å². The van der Waals surface area contributed by atoms with Gasteiger partial charge in [-0.3, -0.25) is 9.20 Å². The molecular weight excluding hydrogens is 363 g/mol. The van der Waals surface area contributed by atoms with Crippen molar-refractivity contribution >= 4 is 33.6 Å². The molecule has 0 spiro atoms. The van der Waals surface area contributed by atoms with Gasteiger partial charge in [0.25, 0.3) is 0 Å². The summed E-state index contributed by atoms with van der Waals surface area (Å²) in [5, 5.41) is 10.7. The Kier molecular flexibility index (Phi) is 4.47. The summed E-state index contributed by atoms with van der Waals surface area (Å²) in [5.74, 6) is -0.103. The summed E-state index contributed by atoms with van der Waals surface area (Å²) in [6.45, 7) is 0.231. The molecule has 3 aromatic rings. The maximum absolute atomic E-state index is 13.6. The van der Waals surface area contributed by atoms with Crippen LogP contribution in [-0.2, 0) is 11.3 Å². The minimum atomic E-state index is -0.388. The number of carbonyl (C=O) groups is 1. The largest absolute Gasteiger partial charge is 0.345 e. The number of fused-ring (bicyclic) bond motifs is 1. The number of nitrogens with zero attached hydrogens (tertiary/aromatic N) is 3. The molecule has 0 aliphatic carbocycles. The molecule has 0 saturated carbocycles. The van der Waals surface area contributed by atoms with E-state index >= 15 is 0 Å². The Labute approximate surface area is 140 Å². The summed E-state index contributed by atoms with van der Waals surface area (Å²) in [6.07, 6.45) is 4.54. The van der Waals surface area contributed by atoms with Crippen molar-refractivity contribution in [3.05, 3.63) is 70.3 Å². The van der Waals surface area contributed by atoms with E-state index in [1.807, 2.05) is 24.4 Å². The Morgan fingerprint density at radius 1 is 1.30 bits per heavy atom. The molecule has 7 heteroatoms. The number of rotatable bonds is 4. The molecule has 3 rings (SSSR count). The number of hydrogen-bond donors (Lipinski definition) is 1. The van der Waals surface area contributed by atoms with E-state index in [1.165, 1.54) is 18.2 Å². The smallest absolute Gasteiger partial charge is 0.244 e. The standard InChI is InChI=1S/C16H12BrFN4O/c17-12-5-6-13(18)11(9-12)4-7-16(23)19-10-15-21-20-14-3-1-2-8-22(14)15/h1-9H,10H2,(H,19,23)/b7-4+. The van der Waals surface area contributed by atoms with Gasteiger partial charge in [-0.25, -0.2) is 4.39 Å². The average molecular weight is 375 g/mol. The van der Waals surface area contributed by atoms with E-state index in [-0.39, 0.29) is 18.3 Å². The van der Waals surface area contributed by atoms with Gasteiger partial charge in [-0.2, -0.15) is 0 Å². The van der Waals surface area contributed by atoms with Crippen LogP contribution in [0.5, 0.6) is 0 Å². The Bertz CT molecular complexity index is 891. The van der Waals surface area contributed by atoms with Crippen molar-refractivity contribution < 1.29 is 9.18 Å². The molecule has 23 heavy (non-hydrogen) atoms. The third-order valence-corrected chi connectivity index (χ3v) is 3.67. The number of halogens is 2. The van der Waals surface area contributed by atoms with E-state index in [1.54, 1.807) is 16.5 Å². The van der Waals surface area contributed by atoms with Gasteiger partial charge in [0.05, 0.1) is 6.54 Å². The Balaban J connectivity index is 1.65. The van der Waals surface area contributed by atoms with Crippen LogP contribution in [-0.4, -0.2) is 20.5 Å². The van der Waals surface area contributed by atoms with Gasteiger partial charge in [0.2, 0.25) is 5.91 Å². The van der Waals surface area contributed by atoms with Crippen LogP contribution in [0.15, 0.2) is 53.1 Å². The first kappa shape index (κ1) is 15.4. The summed E-state index contributed by atoms with van der Waals surface area (Å²) in [7, 11) is 0. The lowest BCUT2D eigenvalue weighted by atomic mass is 10.2. The Morgan fingerprint density at radius 3 is 3.04 bits per heavy atom. The third kappa shape index (κ3) is 3.62. The van der Waals surface area contributed by atoms with Gasteiger partial charge < -0.3 is 5.32 Å². The number of hydrogen-bond acceptors (Lipinski definition) is 3. The normalized spacial score (nSPS) is 11.2. The van der Waals surface area contributed by atoms with E-state index in [0.29, 0.717) is 17.0 Å². The summed E-state index contributed by atoms with van der Waals surface area (Å²) in [6, 6.07) is 10.1. The second-order valence-electron chi connectivity index (χ2n) is 4.76. The van der Waals surface area contributed by atoms with Gasteiger partial charge >= 0.3 is 0 Å². The van der Waals surface area contributed by atoms with Crippen LogP contribution in [0.1, 0.15) is 11.4 Å². The first-order chi connectivity index (χ1) is 11.1. The maximum atomic E-state index is 13.6. The molecule has 0 bridgehead atoms. The van der Waals surface area contributed by atoms with Crippen LogP contribution in [0.3, 0.4) is 0 Å². The molecular formula is C16H12BrFN4O. The molecule has 116 valence electrons. The van der Waals surface area contributed by atoms with Crippen molar-refractivity contribution in [1.82, 2.24) is 19.9 Å². The zero-order valence-corrected chi connectivity index (χ0v) is 13.5. The molecule has 0 radical (unpaired) electrons. The zero-order chi connectivity index (χ0) is 16.2. The van der Waals surface area contributed by atoms with Gasteiger partial charge in [0.15, 0.2) is 11.5 Å². The van der Waals surface area contributed by atoms with Crippen LogP contribution < -0.4 is 5.32 Å². The number of aromatic nitrogens is 3. The molecule has 1 aromatic carbocycles. The number of carbonyl (C=O) groups excluding carboxylic acids is 1. The van der Waals surface area contributed by atoms with Gasteiger partial charge in [-0.15, -0.1) is 10.2 Å². The van der Waals surface area contributed by atoms with E-state index in [9.17, 15) is 9.18 Å². The molecule has 0 atom stereocenters. The SMILES string of the molecule is O=C(/C=C/c1cc(Br)ccc1F)NCc1nnc2ccccn12. The molecule has 0 aliphatic rings. The van der Waals surface area contributed by atoms with Crippen molar-refractivity contribution in [2.24, 2.45) is 0 Å². The minimum absolute atomic E-state index is 0.231. The Morgan fingerprint density at radius 2 is 2.17 bits per heavy atom. The molecule has 0 saturated heterocycles. The topological polar surface area (TPSA) is 59.3 Å². The minimum Gasteiger partial charge on any atom is -0.345 e. The maximum Gasteiger partial charge on any atom is 0.244 e. The average Bonchev–Trinajstić information content (AvgIpc) is 2.97. The van der Waals surface area contributed by atoms with Gasteiger partial charge in [-0.1, -0.05) is 22.0 Å². The lowest BCUT2D eigenvalue weighted by molar-refractivity contribution is -0.116. The number of nitrogens with one attached hydrogen (secondary N) is 1. The number of amides is 1. The molecule has 5 nitrogen and oxygen atoms in total. The predicted molar refractivity (Wildman–Crippen MR) is 88.0 cm³/mol. The molecule has 0 fully saturated rings. The lowest BCUT2D eigenvalue weighted by Gasteiger charge is -2.01. The highest BCUT2D eigenvalue weighted by atomic mass is 79.9. The van der Waals surface area contributed by atoms with Gasteiger partial charge in [0, 0.05) is 22.3 Å². The lowest BCUT2D eigenvalue weighted by Crippen LogP contribution is -2.21.